The molecule has 0 heterocycles. The Morgan fingerprint density at radius 3 is 2.43 bits per heavy atom. The highest BCUT2D eigenvalue weighted by Crippen LogP contribution is 2.22. The molecule has 0 unspecified atom stereocenters. The summed E-state index contributed by atoms with van der Waals surface area (Å²) in [6, 6.07) is 21.3. The van der Waals surface area contributed by atoms with Gasteiger partial charge in [-0.3, -0.25) is 4.79 Å². The van der Waals surface area contributed by atoms with Gasteiger partial charge in [-0.15, -0.1) is 0 Å². The summed E-state index contributed by atoms with van der Waals surface area (Å²) in [7, 11) is 0. The van der Waals surface area contributed by atoms with Crippen LogP contribution in [0.2, 0.25) is 0 Å². The van der Waals surface area contributed by atoms with Crippen LogP contribution in [0.3, 0.4) is 0 Å². The molecule has 0 spiro atoms. The summed E-state index contributed by atoms with van der Waals surface area (Å²) < 4.78 is 6.73. The molecule has 116 valence electrons. The molecule has 4 heteroatoms. The van der Waals surface area contributed by atoms with Crippen LogP contribution in [-0.2, 0) is 4.79 Å². The largest absolute Gasteiger partial charge is 0.481 e. The second-order valence-corrected chi connectivity index (χ2v) is 6.18. The molecule has 0 fully saturated rings. The predicted molar refractivity (Wildman–Crippen MR) is 96.8 cm³/mol. The van der Waals surface area contributed by atoms with E-state index in [9.17, 15) is 4.79 Å². The minimum atomic E-state index is -0.584. The molecule has 1 amide bonds. The summed E-state index contributed by atoms with van der Waals surface area (Å²) >= 11 is 3.37. The summed E-state index contributed by atoms with van der Waals surface area (Å²) in [5, 5.41) is 5.08. The molecule has 3 aromatic rings. The van der Waals surface area contributed by atoms with Crippen molar-refractivity contribution in [1.82, 2.24) is 0 Å². The Bertz CT molecular complexity index is 830. The molecule has 0 aromatic heterocycles. The van der Waals surface area contributed by atoms with E-state index in [0.29, 0.717) is 5.75 Å². The van der Waals surface area contributed by atoms with Crippen molar-refractivity contribution in [2.24, 2.45) is 0 Å². The van der Waals surface area contributed by atoms with Crippen molar-refractivity contribution in [3.8, 4) is 5.75 Å². The molecule has 0 saturated carbocycles. The van der Waals surface area contributed by atoms with E-state index in [-0.39, 0.29) is 5.91 Å². The molecule has 0 bridgehead atoms. The zero-order valence-corrected chi connectivity index (χ0v) is 14.2. The molecule has 1 N–H and O–H groups in total. The number of fused-ring (bicyclic) bond motifs is 1. The molecular formula is C19H16BrNO2. The van der Waals surface area contributed by atoms with E-state index in [1.807, 2.05) is 66.7 Å². The van der Waals surface area contributed by atoms with Gasteiger partial charge in [-0.1, -0.05) is 46.3 Å². The first-order valence-electron chi connectivity index (χ1n) is 7.34. The highest BCUT2D eigenvalue weighted by Gasteiger charge is 2.15. The second-order valence-electron chi connectivity index (χ2n) is 5.27. The predicted octanol–water partition coefficient (Wildman–Crippen LogP) is 5.01. The molecule has 23 heavy (non-hydrogen) atoms. The average Bonchev–Trinajstić information content (AvgIpc) is 2.56. The second kappa shape index (κ2) is 6.84. The van der Waals surface area contributed by atoms with Gasteiger partial charge in [0.15, 0.2) is 6.10 Å². The van der Waals surface area contributed by atoms with Crippen molar-refractivity contribution in [2.45, 2.75) is 13.0 Å². The van der Waals surface area contributed by atoms with Gasteiger partial charge in [-0.25, -0.2) is 0 Å². The number of hydrogen-bond acceptors (Lipinski definition) is 2. The van der Waals surface area contributed by atoms with Gasteiger partial charge in [-0.2, -0.15) is 0 Å². The Balaban J connectivity index is 1.68. The number of hydrogen-bond donors (Lipinski definition) is 1. The summed E-state index contributed by atoms with van der Waals surface area (Å²) in [5.41, 5.74) is 0.743. The lowest BCUT2D eigenvalue weighted by atomic mass is 10.1. The zero-order valence-electron chi connectivity index (χ0n) is 12.6. The lowest BCUT2D eigenvalue weighted by Gasteiger charge is -2.15. The first-order valence-corrected chi connectivity index (χ1v) is 8.13. The van der Waals surface area contributed by atoms with Gasteiger partial charge < -0.3 is 10.1 Å². The van der Waals surface area contributed by atoms with Crippen LogP contribution in [-0.4, -0.2) is 12.0 Å². The van der Waals surface area contributed by atoms with Gasteiger partial charge in [-0.05, 0) is 54.1 Å². The Kier molecular flexibility index (Phi) is 4.63. The number of carbonyl (C=O) groups excluding carboxylic acids is 1. The minimum Gasteiger partial charge on any atom is -0.481 e. The van der Waals surface area contributed by atoms with E-state index in [0.717, 1.165) is 20.9 Å². The third kappa shape index (κ3) is 3.90. The van der Waals surface area contributed by atoms with Gasteiger partial charge in [0, 0.05) is 10.2 Å². The fraction of sp³-hybridized carbons (Fsp3) is 0.105. The van der Waals surface area contributed by atoms with E-state index in [1.165, 1.54) is 0 Å². The molecule has 0 aliphatic heterocycles. The SMILES string of the molecule is C[C@@H](Oc1ccc2ccccc2c1)C(=O)Nc1ccc(Br)cc1. The Morgan fingerprint density at radius 1 is 1.00 bits per heavy atom. The molecule has 3 nitrogen and oxygen atoms in total. The van der Waals surface area contributed by atoms with Crippen LogP contribution in [0.4, 0.5) is 5.69 Å². The number of rotatable bonds is 4. The standard InChI is InChI=1S/C19H16BrNO2/c1-13(19(22)21-17-9-7-16(20)8-10-17)23-18-11-6-14-4-2-3-5-15(14)12-18/h2-13H,1H3,(H,21,22)/t13-/m1/s1. The van der Waals surface area contributed by atoms with E-state index < -0.39 is 6.10 Å². The number of anilines is 1. The number of nitrogens with one attached hydrogen (secondary N) is 1. The fourth-order valence-corrected chi connectivity index (χ4v) is 2.54. The van der Waals surface area contributed by atoms with Crippen LogP contribution in [0.1, 0.15) is 6.92 Å². The van der Waals surface area contributed by atoms with E-state index in [2.05, 4.69) is 21.2 Å². The highest BCUT2D eigenvalue weighted by atomic mass is 79.9. The van der Waals surface area contributed by atoms with Crippen molar-refractivity contribution in [1.29, 1.82) is 0 Å². The van der Waals surface area contributed by atoms with Gasteiger partial charge in [0.1, 0.15) is 5.75 Å². The zero-order chi connectivity index (χ0) is 16.2. The molecule has 0 aliphatic rings. The summed E-state index contributed by atoms with van der Waals surface area (Å²) in [5.74, 6) is 0.502. The van der Waals surface area contributed by atoms with E-state index in [1.54, 1.807) is 6.92 Å². The maximum Gasteiger partial charge on any atom is 0.265 e. The van der Waals surface area contributed by atoms with Crippen LogP contribution in [0.5, 0.6) is 5.75 Å². The first kappa shape index (κ1) is 15.6. The maximum atomic E-state index is 12.2. The molecule has 0 saturated heterocycles. The number of amides is 1. The minimum absolute atomic E-state index is 0.180. The van der Waals surface area contributed by atoms with Crippen molar-refractivity contribution in [3.63, 3.8) is 0 Å². The third-order valence-corrected chi connectivity index (χ3v) is 4.04. The van der Waals surface area contributed by atoms with Gasteiger partial charge >= 0.3 is 0 Å². The summed E-state index contributed by atoms with van der Waals surface area (Å²) in [6.45, 7) is 1.74. The molecule has 3 aromatic carbocycles. The Hall–Kier alpha value is -2.33. The Labute approximate surface area is 143 Å². The average molecular weight is 370 g/mol. The number of carbonyl (C=O) groups is 1. The van der Waals surface area contributed by atoms with Crippen molar-refractivity contribution < 1.29 is 9.53 Å². The van der Waals surface area contributed by atoms with Crippen LogP contribution >= 0.6 is 15.9 Å². The lowest BCUT2D eigenvalue weighted by molar-refractivity contribution is -0.122. The van der Waals surface area contributed by atoms with E-state index >= 15 is 0 Å². The van der Waals surface area contributed by atoms with Crippen LogP contribution < -0.4 is 10.1 Å². The first-order chi connectivity index (χ1) is 11.1. The molecular weight excluding hydrogens is 354 g/mol. The van der Waals surface area contributed by atoms with Gasteiger partial charge in [0.25, 0.3) is 5.91 Å². The highest BCUT2D eigenvalue weighted by molar-refractivity contribution is 9.10. The topological polar surface area (TPSA) is 38.3 Å². The van der Waals surface area contributed by atoms with Gasteiger partial charge in [0.2, 0.25) is 0 Å². The maximum absolute atomic E-state index is 12.2. The van der Waals surface area contributed by atoms with Crippen LogP contribution in [0.15, 0.2) is 71.2 Å². The summed E-state index contributed by atoms with van der Waals surface area (Å²) in [4.78, 5) is 12.2. The van der Waals surface area contributed by atoms with Crippen LogP contribution in [0, 0.1) is 0 Å². The monoisotopic (exact) mass is 369 g/mol. The number of halogens is 1. The molecule has 0 aliphatic carbocycles. The van der Waals surface area contributed by atoms with Crippen LogP contribution in [0.25, 0.3) is 10.8 Å². The summed E-state index contributed by atoms with van der Waals surface area (Å²) in [6.07, 6.45) is -0.584. The van der Waals surface area contributed by atoms with Crippen molar-refractivity contribution in [2.75, 3.05) is 5.32 Å². The quantitative estimate of drug-likeness (QED) is 0.701. The normalized spacial score (nSPS) is 11.9. The lowest BCUT2D eigenvalue weighted by Crippen LogP contribution is -2.30. The number of benzene rings is 3. The van der Waals surface area contributed by atoms with Gasteiger partial charge in [0.05, 0.1) is 0 Å². The third-order valence-electron chi connectivity index (χ3n) is 3.51. The molecule has 0 radical (unpaired) electrons. The van der Waals surface area contributed by atoms with E-state index in [4.69, 9.17) is 4.74 Å². The fourth-order valence-electron chi connectivity index (χ4n) is 2.28. The number of ether oxygens (including phenoxy) is 1. The molecule has 3 rings (SSSR count). The molecule has 1 atom stereocenters. The van der Waals surface area contributed by atoms with Crippen molar-refractivity contribution in [3.05, 3.63) is 71.2 Å². The Morgan fingerprint density at radius 2 is 1.70 bits per heavy atom. The smallest absolute Gasteiger partial charge is 0.265 e. The van der Waals surface area contributed by atoms with Crippen molar-refractivity contribution >= 4 is 38.3 Å².